The first-order chi connectivity index (χ1) is 28.6. The zero-order valence-electron chi connectivity index (χ0n) is 30.3. The van der Waals surface area contributed by atoms with E-state index in [1.807, 2.05) is 0 Å². The normalized spacial score (nSPS) is 17.1. The van der Waals surface area contributed by atoms with E-state index in [4.69, 9.17) is 22.9 Å². The van der Waals surface area contributed by atoms with E-state index >= 15 is 0 Å². The second-order valence-corrected chi connectivity index (χ2v) is 19.9. The number of aliphatic hydroxyl groups is 1. The van der Waals surface area contributed by atoms with Gasteiger partial charge in [-0.15, -0.1) is 0 Å². The summed E-state index contributed by atoms with van der Waals surface area (Å²) >= 11 is 0. The van der Waals surface area contributed by atoms with Gasteiger partial charge in [-0.2, -0.15) is 67.3 Å². The largest absolute Gasteiger partial charge is 0.491 e. The van der Waals surface area contributed by atoms with Crippen molar-refractivity contribution in [3.63, 3.8) is 0 Å². The Hall–Kier alpha value is -2.84. The van der Waals surface area contributed by atoms with Crippen molar-refractivity contribution >= 4 is 83.2 Å². The zero-order valence-corrected chi connectivity index (χ0v) is 36.8. The molecule has 0 fully saturated rings. The first-order valence-electron chi connectivity index (χ1n) is 15.3. The standard InChI is InChI=1S/C22H30O34S8/c23-19(22(56-64(45,46)47)21(55-63(42,43)44)18(53-61(36,37)38)11-50-58(27,28)29)14-3-1-12(2-4-14)13-5-7-15(8-6-13)48-9-16(51-59(30,31)32)20(54-62(39,40)41)17(52-60(33,34)35)10-49-57(24,25)26/h1-8,16-23H,9-11H2,(H,24,25,26)(H,27,28,29)(H,30,31,32)(H,33,34,35)(H,36,37,38)(H,39,40,41)(H,42,43,44)(H,45,46,47)/t16-,17-,18-,19?,20+,21-,22-/m1/s1. The van der Waals surface area contributed by atoms with Crippen LogP contribution in [0.3, 0.4) is 0 Å². The van der Waals surface area contributed by atoms with Crippen LogP contribution in [0.4, 0.5) is 0 Å². The third-order valence-electron chi connectivity index (χ3n) is 6.78. The van der Waals surface area contributed by atoms with Crippen LogP contribution in [0.15, 0.2) is 48.5 Å². The molecule has 1 unspecified atom stereocenters. The van der Waals surface area contributed by atoms with Crippen molar-refractivity contribution in [2.24, 2.45) is 0 Å². The molecule has 0 spiro atoms. The molecule has 0 radical (unpaired) electrons. The second-order valence-electron chi connectivity index (χ2n) is 11.5. The highest BCUT2D eigenvalue weighted by molar-refractivity contribution is 7.82. The predicted molar refractivity (Wildman–Crippen MR) is 196 cm³/mol. The summed E-state index contributed by atoms with van der Waals surface area (Å²) in [6, 6.07) is 8.37. The van der Waals surface area contributed by atoms with Crippen LogP contribution >= 0.6 is 0 Å². The Bertz CT molecular complexity index is 2810. The average molecular weight is 1090 g/mol. The van der Waals surface area contributed by atoms with Gasteiger partial charge >= 0.3 is 83.2 Å². The monoisotopic (exact) mass is 1090 g/mol. The van der Waals surface area contributed by atoms with Crippen molar-refractivity contribution in [2.75, 3.05) is 19.8 Å². The van der Waals surface area contributed by atoms with Crippen LogP contribution in [0.25, 0.3) is 11.1 Å². The highest BCUT2D eigenvalue weighted by Gasteiger charge is 2.46. The average Bonchev–Trinajstić information content (AvgIpc) is 3.07. The lowest BCUT2D eigenvalue weighted by Gasteiger charge is -2.32. The van der Waals surface area contributed by atoms with Crippen LogP contribution in [0.5, 0.6) is 5.75 Å². The maximum Gasteiger partial charge on any atom is 0.397 e. The highest BCUT2D eigenvalue weighted by atomic mass is 32.3. The molecule has 0 saturated carbocycles. The number of aliphatic hydroxyl groups excluding tert-OH is 1. The fourth-order valence-corrected chi connectivity index (χ4v) is 8.27. The first-order valence-corrected chi connectivity index (χ1v) is 26.2. The molecule has 2 rings (SSSR count). The van der Waals surface area contributed by atoms with Crippen molar-refractivity contribution in [3.05, 3.63) is 54.1 Å². The van der Waals surface area contributed by atoms with Crippen LogP contribution in [-0.4, -0.2) is 165 Å². The van der Waals surface area contributed by atoms with Gasteiger partial charge in [0.05, 0.1) is 13.2 Å². The van der Waals surface area contributed by atoms with Crippen molar-refractivity contribution in [1.82, 2.24) is 0 Å². The summed E-state index contributed by atoms with van der Waals surface area (Å²) in [4.78, 5) is 0. The lowest BCUT2D eigenvalue weighted by Crippen LogP contribution is -2.50. The van der Waals surface area contributed by atoms with E-state index in [-0.39, 0.29) is 16.9 Å². The SMILES string of the molecule is O=S(=O)(O)OC[C@@H](OS(=O)(=O)O)[C@@H](OS(=O)(=O)O)[C@@H](COc1ccc(-c2ccc(C(O)[C@@H](OS(=O)(=O)O)[C@H](OS(=O)(=O)O)[C@@H](COS(=O)(=O)O)OS(=O)(=O)O)cc2)cc1)OS(=O)(=O)O. The minimum atomic E-state index is -5.94. The molecule has 34 nitrogen and oxygen atoms in total. The van der Waals surface area contributed by atoms with Gasteiger partial charge in [0.1, 0.15) is 55.1 Å². The summed E-state index contributed by atoms with van der Waals surface area (Å²) in [5.41, 5.74) is -0.293. The fourth-order valence-electron chi connectivity index (χ4n) is 4.69. The number of rotatable bonds is 28. The second kappa shape index (κ2) is 21.9. The van der Waals surface area contributed by atoms with Gasteiger partial charge < -0.3 is 9.84 Å². The Morgan fingerprint density at radius 1 is 0.359 bits per heavy atom. The Labute approximate surface area is 362 Å². The van der Waals surface area contributed by atoms with Gasteiger partial charge in [0.2, 0.25) is 0 Å². The molecular weight excluding hydrogens is 1060 g/mol. The van der Waals surface area contributed by atoms with E-state index in [2.05, 4.69) is 33.5 Å². The molecule has 0 aromatic heterocycles. The molecule has 64 heavy (non-hydrogen) atoms. The molecular formula is C22H30O34S8. The molecule has 2 aromatic rings. The summed E-state index contributed by atoms with van der Waals surface area (Å²) in [6.45, 7) is -5.12. The van der Waals surface area contributed by atoms with E-state index < -0.39 is 151 Å². The first kappa shape index (κ1) is 57.3. The quantitative estimate of drug-likeness (QED) is 0.0374. The van der Waals surface area contributed by atoms with Crippen molar-refractivity contribution in [3.8, 4) is 16.9 Å². The molecule has 0 amide bonds. The van der Waals surface area contributed by atoms with Crippen LogP contribution < -0.4 is 4.74 Å². The molecule has 9 N–H and O–H groups in total. The Kier molecular flexibility index (Phi) is 19.6. The molecule has 0 bridgehead atoms. The topological polar surface area (TPSA) is 538 Å². The highest BCUT2D eigenvalue weighted by Crippen LogP contribution is 2.31. The van der Waals surface area contributed by atoms with Gasteiger partial charge in [-0.25, -0.2) is 33.5 Å². The Morgan fingerprint density at radius 3 is 1.00 bits per heavy atom. The van der Waals surface area contributed by atoms with Gasteiger partial charge in [-0.05, 0) is 28.8 Å². The lowest BCUT2D eigenvalue weighted by atomic mass is 9.95. The summed E-state index contributed by atoms with van der Waals surface area (Å²) in [5.74, 6) is -0.360. The van der Waals surface area contributed by atoms with Crippen LogP contribution in [0.1, 0.15) is 11.7 Å². The number of ether oxygens (including phenoxy) is 1. The molecule has 7 atom stereocenters. The van der Waals surface area contributed by atoms with Crippen LogP contribution in [0, 0.1) is 0 Å². The number of benzene rings is 2. The van der Waals surface area contributed by atoms with Gasteiger partial charge in [-0.1, -0.05) is 36.4 Å². The van der Waals surface area contributed by atoms with Crippen LogP contribution in [0.2, 0.25) is 0 Å². The third kappa shape index (κ3) is 23.6. The number of hydrogen-bond donors (Lipinski definition) is 9. The Morgan fingerprint density at radius 2 is 0.656 bits per heavy atom. The smallest absolute Gasteiger partial charge is 0.397 e. The molecule has 0 heterocycles. The summed E-state index contributed by atoms with van der Waals surface area (Å²) in [5, 5.41) is 11.1. The molecule has 42 heteroatoms. The van der Waals surface area contributed by atoms with Crippen molar-refractivity contribution in [2.45, 2.75) is 42.7 Å². The van der Waals surface area contributed by atoms with Gasteiger partial charge in [-0.3, -0.25) is 36.4 Å². The predicted octanol–water partition coefficient (Wildman–Crippen LogP) is -3.47. The zero-order chi connectivity index (χ0) is 49.5. The van der Waals surface area contributed by atoms with Crippen LogP contribution in [-0.2, 0) is 117 Å². The van der Waals surface area contributed by atoms with E-state index in [1.165, 1.54) is 12.1 Å². The number of hydrogen-bond acceptors (Lipinski definition) is 26. The van der Waals surface area contributed by atoms with E-state index in [9.17, 15) is 90.7 Å². The molecule has 0 aliphatic heterocycles. The summed E-state index contributed by atoms with van der Waals surface area (Å²) < 4.78 is 294. The summed E-state index contributed by atoms with van der Waals surface area (Å²) in [7, 11) is -46.2. The van der Waals surface area contributed by atoms with Gasteiger partial charge in [0.15, 0.2) is 0 Å². The van der Waals surface area contributed by atoms with Crippen molar-refractivity contribution in [1.29, 1.82) is 0 Å². The van der Waals surface area contributed by atoms with Gasteiger partial charge in [0, 0.05) is 0 Å². The minimum Gasteiger partial charge on any atom is -0.491 e. The molecule has 370 valence electrons. The van der Waals surface area contributed by atoms with Crippen molar-refractivity contribution < 1.29 is 147 Å². The Balaban J connectivity index is 2.54. The minimum absolute atomic E-state index is 0.118. The van der Waals surface area contributed by atoms with E-state index in [1.54, 1.807) is 0 Å². The van der Waals surface area contributed by atoms with E-state index in [0.717, 1.165) is 36.4 Å². The maximum atomic E-state index is 11.7. The molecule has 0 aliphatic rings. The molecule has 0 aliphatic carbocycles. The summed E-state index contributed by atoms with van der Waals surface area (Å²) in [6.07, 6.45) is -20.3. The lowest BCUT2D eigenvalue weighted by molar-refractivity contribution is -0.0864. The fraction of sp³-hybridized carbons (Fsp3) is 0.455. The maximum absolute atomic E-state index is 11.7. The molecule has 0 saturated heterocycles. The van der Waals surface area contributed by atoms with Gasteiger partial charge in [0.25, 0.3) is 0 Å². The molecule has 2 aromatic carbocycles. The third-order valence-corrected chi connectivity index (χ3v) is 10.5. The van der Waals surface area contributed by atoms with E-state index in [0.29, 0.717) is 0 Å².